The summed E-state index contributed by atoms with van der Waals surface area (Å²) in [5, 5.41) is 11.4. The Morgan fingerprint density at radius 2 is 2.27 bits per heavy atom. The van der Waals surface area contributed by atoms with Gasteiger partial charge in [0, 0.05) is 6.42 Å². The largest absolute Gasteiger partial charge is 0.490 e. The van der Waals surface area contributed by atoms with E-state index < -0.39 is 0 Å². The molecule has 1 heterocycles. The standard InChI is InChI=1S/C15H19BrN4OS/c1-4-5-14-18-19-15(22)20(14)17-9-11-6-7-13(12(16)8-11)21-10(2)3/h6-10H,4-5H2,1-3H3,(H,19,22)/b17-9-. The van der Waals surface area contributed by atoms with Crippen molar-refractivity contribution in [3.05, 3.63) is 38.8 Å². The number of nitrogens with one attached hydrogen (secondary N) is 1. The van der Waals surface area contributed by atoms with E-state index in [9.17, 15) is 0 Å². The number of aromatic amines is 1. The highest BCUT2D eigenvalue weighted by atomic mass is 79.9. The molecule has 7 heteroatoms. The molecule has 2 rings (SSSR count). The molecule has 0 aliphatic carbocycles. The molecule has 0 aliphatic heterocycles. The summed E-state index contributed by atoms with van der Waals surface area (Å²) in [5.41, 5.74) is 0.952. The second kappa shape index (κ2) is 7.69. The van der Waals surface area contributed by atoms with Crippen molar-refractivity contribution in [3.8, 4) is 5.75 Å². The zero-order valence-corrected chi connectivity index (χ0v) is 15.2. The Kier molecular flexibility index (Phi) is 5.90. The van der Waals surface area contributed by atoms with E-state index in [2.05, 4.69) is 38.2 Å². The van der Waals surface area contributed by atoms with Crippen LogP contribution in [0.1, 0.15) is 38.6 Å². The van der Waals surface area contributed by atoms with Crippen molar-refractivity contribution in [2.45, 2.75) is 39.7 Å². The van der Waals surface area contributed by atoms with Crippen LogP contribution >= 0.6 is 28.1 Å². The van der Waals surface area contributed by atoms with Crippen LogP contribution in [0.25, 0.3) is 0 Å². The molecule has 0 bridgehead atoms. The average Bonchev–Trinajstić information content (AvgIpc) is 2.80. The van der Waals surface area contributed by atoms with Gasteiger partial charge in [-0.1, -0.05) is 6.92 Å². The summed E-state index contributed by atoms with van der Waals surface area (Å²) in [7, 11) is 0. The maximum atomic E-state index is 5.69. The van der Waals surface area contributed by atoms with Gasteiger partial charge in [-0.3, -0.25) is 5.10 Å². The number of H-pyrrole nitrogens is 1. The van der Waals surface area contributed by atoms with E-state index >= 15 is 0 Å². The van der Waals surface area contributed by atoms with Crippen molar-refractivity contribution < 1.29 is 4.74 Å². The summed E-state index contributed by atoms with van der Waals surface area (Å²) >= 11 is 8.71. The van der Waals surface area contributed by atoms with Gasteiger partial charge in [-0.25, -0.2) is 0 Å². The number of rotatable bonds is 6. The number of aryl methyl sites for hydroxylation is 1. The molecule has 0 amide bonds. The van der Waals surface area contributed by atoms with Crippen molar-refractivity contribution in [1.82, 2.24) is 14.9 Å². The highest BCUT2D eigenvalue weighted by molar-refractivity contribution is 9.10. The Morgan fingerprint density at radius 3 is 2.91 bits per heavy atom. The average molecular weight is 383 g/mol. The Labute approximate surface area is 143 Å². The molecule has 0 radical (unpaired) electrons. The lowest BCUT2D eigenvalue weighted by Gasteiger charge is -2.11. The molecule has 0 saturated heterocycles. The van der Waals surface area contributed by atoms with Crippen LogP contribution in [0.2, 0.25) is 0 Å². The minimum Gasteiger partial charge on any atom is -0.490 e. The summed E-state index contributed by atoms with van der Waals surface area (Å²) in [6, 6.07) is 5.84. The zero-order chi connectivity index (χ0) is 16.1. The third kappa shape index (κ3) is 4.27. The van der Waals surface area contributed by atoms with Crippen LogP contribution in [0.15, 0.2) is 27.8 Å². The van der Waals surface area contributed by atoms with Gasteiger partial charge >= 0.3 is 0 Å². The number of nitrogens with zero attached hydrogens (tertiary/aromatic N) is 3. The molecule has 2 aromatic rings. The first-order chi connectivity index (χ1) is 10.5. The fraction of sp³-hybridized carbons (Fsp3) is 0.400. The summed E-state index contributed by atoms with van der Waals surface area (Å²) in [6.45, 7) is 6.09. The molecule has 0 spiro atoms. The van der Waals surface area contributed by atoms with Crippen LogP contribution in [0.5, 0.6) is 5.75 Å². The SMILES string of the molecule is CCCc1n[nH]c(=S)n1/N=C\c1ccc(OC(C)C)c(Br)c1. The number of hydrogen-bond acceptors (Lipinski definition) is 4. The lowest BCUT2D eigenvalue weighted by Crippen LogP contribution is -2.06. The third-order valence-electron chi connectivity index (χ3n) is 2.83. The van der Waals surface area contributed by atoms with Gasteiger partial charge < -0.3 is 4.74 Å². The van der Waals surface area contributed by atoms with Gasteiger partial charge in [0.05, 0.1) is 16.8 Å². The number of aromatic nitrogens is 3. The molecule has 118 valence electrons. The van der Waals surface area contributed by atoms with E-state index in [1.165, 1.54) is 0 Å². The number of hydrogen-bond donors (Lipinski definition) is 1. The fourth-order valence-corrected chi connectivity index (χ4v) is 2.59. The van der Waals surface area contributed by atoms with Crippen LogP contribution in [0.4, 0.5) is 0 Å². The topological polar surface area (TPSA) is 55.2 Å². The molecular weight excluding hydrogens is 364 g/mol. The molecule has 22 heavy (non-hydrogen) atoms. The van der Waals surface area contributed by atoms with Gasteiger partial charge in [-0.2, -0.15) is 14.9 Å². The minimum absolute atomic E-state index is 0.136. The second-order valence-electron chi connectivity index (χ2n) is 5.11. The molecule has 0 fully saturated rings. The first-order valence-electron chi connectivity index (χ1n) is 7.18. The first kappa shape index (κ1) is 16.9. The van der Waals surface area contributed by atoms with Crippen molar-refractivity contribution in [3.63, 3.8) is 0 Å². The predicted octanol–water partition coefficient (Wildman–Crippen LogP) is 4.33. The molecule has 1 aromatic carbocycles. The number of halogens is 1. The quantitative estimate of drug-likeness (QED) is 0.597. The predicted molar refractivity (Wildman–Crippen MR) is 94.3 cm³/mol. The fourth-order valence-electron chi connectivity index (χ4n) is 1.90. The van der Waals surface area contributed by atoms with Gasteiger partial charge in [-0.05, 0) is 72.2 Å². The van der Waals surface area contributed by atoms with Crippen LogP contribution < -0.4 is 4.74 Å². The van der Waals surface area contributed by atoms with Crippen LogP contribution in [0, 0.1) is 4.77 Å². The van der Waals surface area contributed by atoms with E-state index in [1.807, 2.05) is 32.0 Å². The minimum atomic E-state index is 0.136. The molecule has 1 N–H and O–H groups in total. The molecule has 0 atom stereocenters. The van der Waals surface area contributed by atoms with Crippen molar-refractivity contribution in [2.75, 3.05) is 0 Å². The molecule has 5 nitrogen and oxygen atoms in total. The normalized spacial score (nSPS) is 11.5. The van der Waals surface area contributed by atoms with Gasteiger partial charge in [0.2, 0.25) is 4.77 Å². The van der Waals surface area contributed by atoms with E-state index in [1.54, 1.807) is 10.9 Å². The summed E-state index contributed by atoms with van der Waals surface area (Å²) in [6.07, 6.45) is 3.71. The number of benzene rings is 1. The molecule has 0 saturated carbocycles. The zero-order valence-electron chi connectivity index (χ0n) is 12.8. The molecule has 0 aliphatic rings. The third-order valence-corrected chi connectivity index (χ3v) is 3.72. The Morgan fingerprint density at radius 1 is 1.50 bits per heavy atom. The van der Waals surface area contributed by atoms with Crippen LogP contribution in [-0.2, 0) is 6.42 Å². The lowest BCUT2D eigenvalue weighted by atomic mass is 10.2. The Hall–Kier alpha value is -1.47. The molecular formula is C15H19BrN4OS. The molecule has 1 aromatic heterocycles. The summed E-state index contributed by atoms with van der Waals surface area (Å²) < 4.78 is 8.75. The maximum absolute atomic E-state index is 5.69. The van der Waals surface area contributed by atoms with Gasteiger partial charge in [0.15, 0.2) is 5.82 Å². The van der Waals surface area contributed by atoms with E-state index in [-0.39, 0.29) is 6.10 Å². The van der Waals surface area contributed by atoms with Gasteiger partial charge in [0.25, 0.3) is 0 Å². The maximum Gasteiger partial charge on any atom is 0.216 e. The van der Waals surface area contributed by atoms with Crippen molar-refractivity contribution >= 4 is 34.4 Å². The lowest BCUT2D eigenvalue weighted by molar-refractivity contribution is 0.241. The smallest absolute Gasteiger partial charge is 0.216 e. The first-order valence-corrected chi connectivity index (χ1v) is 8.38. The summed E-state index contributed by atoms with van der Waals surface area (Å²) in [4.78, 5) is 0. The van der Waals surface area contributed by atoms with Crippen molar-refractivity contribution in [1.29, 1.82) is 0 Å². The van der Waals surface area contributed by atoms with Gasteiger partial charge in [-0.15, -0.1) is 0 Å². The van der Waals surface area contributed by atoms with Crippen molar-refractivity contribution in [2.24, 2.45) is 5.10 Å². The number of ether oxygens (including phenoxy) is 1. The van der Waals surface area contributed by atoms with Crippen LogP contribution in [-0.4, -0.2) is 27.2 Å². The van der Waals surface area contributed by atoms with Gasteiger partial charge in [0.1, 0.15) is 5.75 Å². The highest BCUT2D eigenvalue weighted by Crippen LogP contribution is 2.26. The van der Waals surface area contributed by atoms with Crippen LogP contribution in [0.3, 0.4) is 0 Å². The van der Waals surface area contributed by atoms with E-state index in [4.69, 9.17) is 17.0 Å². The molecule has 0 unspecified atom stereocenters. The Balaban J connectivity index is 2.22. The Bertz CT molecular complexity index is 721. The second-order valence-corrected chi connectivity index (χ2v) is 6.35. The van der Waals surface area contributed by atoms with E-state index in [0.29, 0.717) is 4.77 Å². The highest BCUT2D eigenvalue weighted by Gasteiger charge is 2.05. The summed E-state index contributed by atoms with van der Waals surface area (Å²) in [5.74, 6) is 1.65. The van der Waals surface area contributed by atoms with E-state index in [0.717, 1.165) is 34.5 Å². The monoisotopic (exact) mass is 382 g/mol.